The van der Waals surface area contributed by atoms with E-state index in [9.17, 15) is 5.11 Å². The fourth-order valence-corrected chi connectivity index (χ4v) is 3.57. The molecule has 0 aromatic heterocycles. The van der Waals surface area contributed by atoms with Gasteiger partial charge in [0.1, 0.15) is 6.23 Å². The van der Waals surface area contributed by atoms with Crippen LogP contribution < -0.4 is 0 Å². The Morgan fingerprint density at radius 2 is 2.29 bits per heavy atom. The predicted octanol–water partition coefficient (Wildman–Crippen LogP) is 1.78. The molecule has 82 valence electrons. The topological polar surface area (TPSA) is 23.5 Å². The molecule has 1 aliphatic rings. The lowest BCUT2D eigenvalue weighted by Crippen LogP contribution is -2.42. The Bertz CT molecular complexity index is 222. The van der Waals surface area contributed by atoms with Gasteiger partial charge in [0.2, 0.25) is 0 Å². The average Bonchev–Trinajstić information content (AvgIpc) is 2.41. The molecule has 0 amide bonds. The van der Waals surface area contributed by atoms with Gasteiger partial charge in [-0.05, 0) is 20.4 Å². The van der Waals surface area contributed by atoms with Crippen LogP contribution in [-0.2, 0) is 0 Å². The average molecular weight is 251 g/mol. The van der Waals surface area contributed by atoms with E-state index >= 15 is 0 Å². The van der Waals surface area contributed by atoms with Crippen LogP contribution in [0.5, 0.6) is 0 Å². The number of thiocarbonyl (C=S) groups is 1. The van der Waals surface area contributed by atoms with E-state index in [1.807, 2.05) is 25.7 Å². The molecule has 4 unspecified atom stereocenters. The van der Waals surface area contributed by atoms with E-state index in [0.29, 0.717) is 0 Å². The highest BCUT2D eigenvalue weighted by Gasteiger charge is 2.39. The number of thioether (sulfide) groups is 1. The first-order valence-corrected chi connectivity index (χ1v) is 6.66. The van der Waals surface area contributed by atoms with Crippen molar-refractivity contribution >= 4 is 41.5 Å². The first-order valence-electron chi connectivity index (χ1n) is 4.80. The quantitative estimate of drug-likeness (QED) is 0.590. The van der Waals surface area contributed by atoms with Crippen LogP contribution in [0.3, 0.4) is 0 Å². The molecule has 0 aromatic carbocycles. The van der Waals surface area contributed by atoms with Crippen molar-refractivity contribution in [3.8, 4) is 0 Å². The molecule has 1 rings (SSSR count). The van der Waals surface area contributed by atoms with Crippen LogP contribution in [-0.4, -0.2) is 43.5 Å². The predicted molar refractivity (Wildman–Crippen MR) is 70.3 cm³/mol. The normalized spacial score (nSPS) is 35.9. The molecular formula is C9H17NOS3. The maximum absolute atomic E-state index is 9.88. The zero-order valence-electron chi connectivity index (χ0n) is 8.67. The summed E-state index contributed by atoms with van der Waals surface area (Å²) in [4.78, 5) is 2.95. The molecule has 1 heterocycles. The second-order valence-corrected chi connectivity index (χ2v) is 6.22. The molecule has 0 spiro atoms. The van der Waals surface area contributed by atoms with Crippen LogP contribution >= 0.6 is 36.6 Å². The Morgan fingerprint density at radius 3 is 2.71 bits per heavy atom. The summed E-state index contributed by atoms with van der Waals surface area (Å²) in [6.45, 7) is 6.88. The van der Waals surface area contributed by atoms with E-state index in [2.05, 4.69) is 12.6 Å². The Balaban J connectivity index is 2.75. The van der Waals surface area contributed by atoms with Gasteiger partial charge in [0.25, 0.3) is 0 Å². The van der Waals surface area contributed by atoms with Crippen molar-refractivity contribution in [2.75, 3.05) is 6.54 Å². The maximum atomic E-state index is 9.88. The smallest absolute Gasteiger partial charge is 0.120 e. The van der Waals surface area contributed by atoms with Gasteiger partial charge in [0.05, 0.1) is 5.37 Å². The molecule has 1 N–H and O–H groups in total. The summed E-state index contributed by atoms with van der Waals surface area (Å²) in [5.41, 5.74) is 0. The van der Waals surface area contributed by atoms with Crippen molar-refractivity contribution in [3.05, 3.63) is 0 Å². The number of hydrogen-bond acceptors (Lipinski definition) is 5. The molecule has 0 saturated carbocycles. The van der Waals surface area contributed by atoms with Gasteiger partial charge >= 0.3 is 0 Å². The van der Waals surface area contributed by atoms with E-state index in [4.69, 9.17) is 12.2 Å². The van der Waals surface area contributed by atoms with E-state index in [0.717, 1.165) is 11.4 Å². The highest BCUT2D eigenvalue weighted by Crippen LogP contribution is 2.35. The minimum Gasteiger partial charge on any atom is -0.377 e. The van der Waals surface area contributed by atoms with E-state index < -0.39 is 0 Å². The fourth-order valence-electron chi connectivity index (χ4n) is 1.55. The SMILES string of the molecule is CCN1C(C(=S)C(C)S)SC(C)C1O. The van der Waals surface area contributed by atoms with Crippen LogP contribution in [0.15, 0.2) is 0 Å². The van der Waals surface area contributed by atoms with Gasteiger partial charge in [0.15, 0.2) is 0 Å². The summed E-state index contributed by atoms with van der Waals surface area (Å²) in [7, 11) is 0. The second-order valence-electron chi connectivity index (χ2n) is 3.52. The van der Waals surface area contributed by atoms with Crippen molar-refractivity contribution in [3.63, 3.8) is 0 Å². The van der Waals surface area contributed by atoms with Gasteiger partial charge in [-0.2, -0.15) is 12.6 Å². The fraction of sp³-hybridized carbons (Fsp3) is 0.889. The summed E-state index contributed by atoms with van der Waals surface area (Å²) in [6, 6.07) is 0. The lowest BCUT2D eigenvalue weighted by atomic mass is 10.2. The van der Waals surface area contributed by atoms with E-state index in [1.54, 1.807) is 11.8 Å². The van der Waals surface area contributed by atoms with Crippen molar-refractivity contribution in [2.24, 2.45) is 0 Å². The minimum atomic E-state index is -0.375. The lowest BCUT2D eigenvalue weighted by molar-refractivity contribution is 0.0260. The molecule has 4 atom stereocenters. The Kier molecular flexibility index (Phi) is 4.71. The number of aliphatic hydroxyl groups excluding tert-OH is 1. The van der Waals surface area contributed by atoms with Gasteiger partial charge in [-0.3, -0.25) is 4.90 Å². The summed E-state index contributed by atoms with van der Waals surface area (Å²) in [5, 5.41) is 10.4. The number of thiol groups is 1. The molecule has 0 radical (unpaired) electrons. The van der Waals surface area contributed by atoms with Crippen LogP contribution in [0.2, 0.25) is 0 Å². The monoisotopic (exact) mass is 251 g/mol. The first kappa shape index (κ1) is 12.8. The largest absolute Gasteiger partial charge is 0.377 e. The van der Waals surface area contributed by atoms with Crippen LogP contribution in [0.1, 0.15) is 20.8 Å². The third-order valence-corrected chi connectivity index (χ3v) is 5.06. The second kappa shape index (κ2) is 5.16. The Morgan fingerprint density at radius 1 is 1.71 bits per heavy atom. The van der Waals surface area contributed by atoms with Gasteiger partial charge in [0, 0.05) is 15.4 Å². The molecular weight excluding hydrogens is 234 g/mol. The van der Waals surface area contributed by atoms with Crippen LogP contribution in [0.4, 0.5) is 0 Å². The first-order chi connectivity index (χ1) is 6.49. The zero-order valence-corrected chi connectivity index (χ0v) is 11.2. The Hall–Kier alpha value is 0.710. The van der Waals surface area contributed by atoms with Crippen molar-refractivity contribution in [1.29, 1.82) is 0 Å². The highest BCUT2D eigenvalue weighted by atomic mass is 32.2. The number of hydrogen-bond donors (Lipinski definition) is 2. The van der Waals surface area contributed by atoms with Crippen molar-refractivity contribution in [2.45, 2.75) is 42.9 Å². The summed E-state index contributed by atoms with van der Waals surface area (Å²) >= 11 is 11.4. The molecule has 0 aliphatic carbocycles. The molecule has 0 bridgehead atoms. The third-order valence-electron chi connectivity index (χ3n) is 2.42. The van der Waals surface area contributed by atoms with E-state index in [-0.39, 0.29) is 22.1 Å². The summed E-state index contributed by atoms with van der Waals surface area (Å²) in [6.07, 6.45) is -0.375. The minimum absolute atomic E-state index is 0.106. The summed E-state index contributed by atoms with van der Waals surface area (Å²) < 4.78 is 0. The van der Waals surface area contributed by atoms with E-state index in [1.165, 1.54) is 0 Å². The third kappa shape index (κ3) is 2.44. The summed E-state index contributed by atoms with van der Waals surface area (Å²) in [5.74, 6) is 0. The molecule has 2 nitrogen and oxygen atoms in total. The molecule has 14 heavy (non-hydrogen) atoms. The van der Waals surface area contributed by atoms with Gasteiger partial charge in [-0.25, -0.2) is 0 Å². The van der Waals surface area contributed by atoms with Crippen molar-refractivity contribution in [1.82, 2.24) is 4.90 Å². The van der Waals surface area contributed by atoms with Gasteiger partial charge in [-0.15, -0.1) is 11.8 Å². The Labute approximate surface area is 101 Å². The van der Waals surface area contributed by atoms with Gasteiger partial charge < -0.3 is 5.11 Å². The number of nitrogens with zero attached hydrogens (tertiary/aromatic N) is 1. The molecule has 1 saturated heterocycles. The number of rotatable bonds is 3. The lowest BCUT2D eigenvalue weighted by Gasteiger charge is -2.26. The van der Waals surface area contributed by atoms with Crippen LogP contribution in [0, 0.1) is 0 Å². The van der Waals surface area contributed by atoms with Crippen molar-refractivity contribution < 1.29 is 5.11 Å². The molecule has 5 heteroatoms. The highest BCUT2D eigenvalue weighted by molar-refractivity contribution is 8.02. The van der Waals surface area contributed by atoms with Gasteiger partial charge in [-0.1, -0.05) is 19.1 Å². The zero-order chi connectivity index (χ0) is 10.9. The number of aliphatic hydroxyl groups is 1. The molecule has 1 fully saturated rings. The standard InChI is InChI=1S/C9H17NOS3/c1-4-10-8(11)6(3)14-9(10)7(13)5(2)12/h5-6,8-9,11-12H,4H2,1-3H3. The van der Waals surface area contributed by atoms with Crippen LogP contribution in [0.25, 0.3) is 0 Å². The molecule has 0 aromatic rings. The molecule has 1 aliphatic heterocycles. The maximum Gasteiger partial charge on any atom is 0.120 e.